The Morgan fingerprint density at radius 3 is 2.31 bits per heavy atom. The number of amides is 2. The Labute approximate surface area is 192 Å². The molecule has 1 aliphatic heterocycles. The maximum absolute atomic E-state index is 13.6. The summed E-state index contributed by atoms with van der Waals surface area (Å²) in [6.07, 6.45) is 0. The third-order valence-corrected chi connectivity index (χ3v) is 5.65. The summed E-state index contributed by atoms with van der Waals surface area (Å²) >= 11 is 6.19. The Hall–Kier alpha value is -3.57. The molecule has 2 amide bonds. The summed E-state index contributed by atoms with van der Waals surface area (Å²) in [4.78, 5) is 28.4. The first-order valence-corrected chi connectivity index (χ1v) is 10.6. The lowest BCUT2D eigenvalue weighted by Crippen LogP contribution is -2.32. The predicted molar refractivity (Wildman–Crippen MR) is 128 cm³/mol. The highest BCUT2D eigenvalue weighted by atomic mass is 35.5. The number of carbonyl (C=O) groups is 2. The molecule has 0 bridgehead atoms. The molecule has 0 spiro atoms. The molecule has 0 atom stereocenters. The number of carbonyl (C=O) groups excluding carboxylic acids is 2. The van der Waals surface area contributed by atoms with Crippen LogP contribution in [0.3, 0.4) is 0 Å². The molecule has 1 aliphatic rings. The van der Waals surface area contributed by atoms with Gasteiger partial charge < -0.3 is 10.1 Å². The Balaban J connectivity index is 1.90. The second-order valence-corrected chi connectivity index (χ2v) is 8.26. The van der Waals surface area contributed by atoms with Gasteiger partial charge in [0, 0.05) is 5.02 Å². The van der Waals surface area contributed by atoms with Gasteiger partial charge in [0.25, 0.3) is 11.8 Å². The first-order chi connectivity index (χ1) is 15.3. The maximum Gasteiger partial charge on any atom is 0.282 e. The van der Waals surface area contributed by atoms with Crippen molar-refractivity contribution in [2.75, 3.05) is 17.3 Å². The van der Waals surface area contributed by atoms with E-state index in [0.717, 1.165) is 16.7 Å². The number of nitrogens with one attached hydrogen (secondary N) is 1. The van der Waals surface area contributed by atoms with E-state index in [1.54, 1.807) is 24.3 Å². The molecule has 0 saturated carbocycles. The van der Waals surface area contributed by atoms with E-state index in [9.17, 15) is 9.59 Å². The SMILES string of the molecule is COc1ccc(Cl)cc1NC1=C(c2ccc(C)cc2C)C(=O)N(c2cccc(C)c2)C1=O. The Kier molecular flexibility index (Phi) is 5.76. The van der Waals surface area contributed by atoms with Crippen LogP contribution in [0.15, 0.2) is 66.4 Å². The van der Waals surface area contributed by atoms with Crippen molar-refractivity contribution in [2.45, 2.75) is 20.8 Å². The molecule has 32 heavy (non-hydrogen) atoms. The minimum absolute atomic E-state index is 0.184. The highest BCUT2D eigenvalue weighted by molar-refractivity contribution is 6.46. The molecule has 0 radical (unpaired) electrons. The molecule has 162 valence electrons. The summed E-state index contributed by atoms with van der Waals surface area (Å²) in [6, 6.07) is 18.2. The normalized spacial score (nSPS) is 13.7. The number of ether oxygens (including phenoxy) is 1. The van der Waals surface area contributed by atoms with Gasteiger partial charge in [0.1, 0.15) is 11.4 Å². The second-order valence-electron chi connectivity index (χ2n) is 7.82. The fourth-order valence-corrected chi connectivity index (χ4v) is 4.08. The van der Waals surface area contributed by atoms with Crippen molar-refractivity contribution >= 4 is 40.4 Å². The standard InChI is InChI=1S/C26H23ClN2O3/c1-15-6-5-7-19(13-15)29-25(30)23(20-10-8-16(2)12-17(20)3)24(26(29)31)28-21-14-18(27)9-11-22(21)32-4/h5-14,28H,1-4H3. The molecule has 1 heterocycles. The van der Waals surface area contributed by atoms with Gasteiger partial charge in [0.15, 0.2) is 0 Å². The highest BCUT2D eigenvalue weighted by Gasteiger charge is 2.41. The Bertz CT molecular complexity index is 1280. The van der Waals surface area contributed by atoms with Crippen LogP contribution in [0.25, 0.3) is 5.57 Å². The van der Waals surface area contributed by atoms with Gasteiger partial charge in [-0.25, -0.2) is 4.90 Å². The minimum atomic E-state index is -0.433. The van der Waals surface area contributed by atoms with E-state index in [2.05, 4.69) is 5.32 Å². The largest absolute Gasteiger partial charge is 0.495 e. The molecule has 0 saturated heterocycles. The van der Waals surface area contributed by atoms with Gasteiger partial charge in [-0.2, -0.15) is 0 Å². The molecule has 3 aromatic carbocycles. The topological polar surface area (TPSA) is 58.6 Å². The van der Waals surface area contributed by atoms with E-state index in [4.69, 9.17) is 16.3 Å². The lowest BCUT2D eigenvalue weighted by Gasteiger charge is -2.16. The van der Waals surface area contributed by atoms with Crippen molar-refractivity contribution in [3.05, 3.63) is 93.6 Å². The quantitative estimate of drug-likeness (QED) is 0.513. The van der Waals surface area contributed by atoms with E-state index in [0.29, 0.717) is 33.3 Å². The first kappa shape index (κ1) is 21.7. The van der Waals surface area contributed by atoms with Crippen LogP contribution in [0.1, 0.15) is 22.3 Å². The number of rotatable bonds is 5. The van der Waals surface area contributed by atoms with Gasteiger partial charge >= 0.3 is 0 Å². The molecule has 1 N–H and O–H groups in total. The molecule has 0 unspecified atom stereocenters. The van der Waals surface area contributed by atoms with Crippen molar-refractivity contribution in [3.63, 3.8) is 0 Å². The van der Waals surface area contributed by atoms with Crippen LogP contribution in [0, 0.1) is 20.8 Å². The number of anilines is 2. The van der Waals surface area contributed by atoms with Crippen molar-refractivity contribution in [1.82, 2.24) is 0 Å². The monoisotopic (exact) mass is 446 g/mol. The van der Waals surface area contributed by atoms with Crippen molar-refractivity contribution < 1.29 is 14.3 Å². The average molecular weight is 447 g/mol. The summed E-state index contributed by atoms with van der Waals surface area (Å²) < 4.78 is 5.43. The fourth-order valence-electron chi connectivity index (χ4n) is 3.90. The van der Waals surface area contributed by atoms with Crippen LogP contribution in [0.5, 0.6) is 5.75 Å². The number of benzene rings is 3. The summed E-state index contributed by atoms with van der Waals surface area (Å²) in [7, 11) is 1.54. The number of hydrogen-bond donors (Lipinski definition) is 1. The van der Waals surface area contributed by atoms with Gasteiger partial charge in [0.2, 0.25) is 0 Å². The zero-order valence-corrected chi connectivity index (χ0v) is 19.1. The maximum atomic E-state index is 13.6. The van der Waals surface area contributed by atoms with Crippen molar-refractivity contribution in [2.24, 2.45) is 0 Å². The summed E-state index contributed by atoms with van der Waals surface area (Å²) in [5.74, 6) is -0.301. The molecule has 0 fully saturated rings. The molecule has 6 heteroatoms. The number of nitrogens with zero attached hydrogens (tertiary/aromatic N) is 1. The van der Waals surface area contributed by atoms with Crippen molar-refractivity contribution in [3.8, 4) is 5.75 Å². The number of imide groups is 1. The number of aryl methyl sites for hydroxylation is 3. The van der Waals surface area contributed by atoms with E-state index < -0.39 is 5.91 Å². The third-order valence-electron chi connectivity index (χ3n) is 5.42. The van der Waals surface area contributed by atoms with Crippen LogP contribution in [-0.2, 0) is 9.59 Å². The summed E-state index contributed by atoms with van der Waals surface area (Å²) in [5, 5.41) is 3.63. The molecule has 5 nitrogen and oxygen atoms in total. The third kappa shape index (κ3) is 3.87. The Morgan fingerprint density at radius 1 is 0.875 bits per heavy atom. The van der Waals surface area contributed by atoms with Crippen LogP contribution in [-0.4, -0.2) is 18.9 Å². The summed E-state index contributed by atoms with van der Waals surface area (Å²) in [5.41, 5.74) is 5.16. The molecule has 0 aliphatic carbocycles. The molecule has 3 aromatic rings. The molecular weight excluding hydrogens is 424 g/mol. The van der Waals surface area contributed by atoms with Crippen LogP contribution in [0.2, 0.25) is 5.02 Å². The van der Waals surface area contributed by atoms with Crippen molar-refractivity contribution in [1.29, 1.82) is 0 Å². The molecule has 4 rings (SSSR count). The minimum Gasteiger partial charge on any atom is -0.495 e. The Morgan fingerprint density at radius 2 is 1.62 bits per heavy atom. The van der Waals surface area contributed by atoms with Gasteiger partial charge in [-0.05, 0) is 67.8 Å². The zero-order chi connectivity index (χ0) is 23.0. The summed E-state index contributed by atoms with van der Waals surface area (Å²) in [6.45, 7) is 5.84. The van der Waals surface area contributed by atoms with E-state index >= 15 is 0 Å². The first-order valence-electron chi connectivity index (χ1n) is 10.2. The fraction of sp³-hybridized carbons (Fsp3) is 0.154. The van der Waals surface area contributed by atoms with Crippen LogP contribution < -0.4 is 15.0 Å². The predicted octanol–water partition coefficient (Wildman–Crippen LogP) is 5.67. The van der Waals surface area contributed by atoms with E-state index in [1.165, 1.54) is 12.0 Å². The number of hydrogen-bond acceptors (Lipinski definition) is 4. The zero-order valence-electron chi connectivity index (χ0n) is 18.3. The molecular formula is C26H23ClN2O3. The van der Waals surface area contributed by atoms with Crippen LogP contribution in [0.4, 0.5) is 11.4 Å². The second kappa shape index (κ2) is 8.52. The van der Waals surface area contributed by atoms with Gasteiger partial charge in [-0.1, -0.05) is 47.5 Å². The number of methoxy groups -OCH3 is 1. The highest BCUT2D eigenvalue weighted by Crippen LogP contribution is 2.37. The van der Waals surface area contributed by atoms with Crippen LogP contribution >= 0.6 is 11.6 Å². The number of halogens is 1. The molecule has 0 aromatic heterocycles. The van der Waals surface area contributed by atoms with E-state index in [1.807, 2.05) is 57.2 Å². The van der Waals surface area contributed by atoms with E-state index in [-0.39, 0.29) is 11.6 Å². The average Bonchev–Trinajstić information content (AvgIpc) is 2.98. The lowest BCUT2D eigenvalue weighted by atomic mass is 9.97. The van der Waals surface area contributed by atoms with Gasteiger partial charge in [0.05, 0.1) is 24.1 Å². The lowest BCUT2D eigenvalue weighted by molar-refractivity contribution is -0.120. The van der Waals surface area contributed by atoms with Gasteiger partial charge in [-0.3, -0.25) is 9.59 Å². The van der Waals surface area contributed by atoms with Gasteiger partial charge in [-0.15, -0.1) is 0 Å². The smallest absolute Gasteiger partial charge is 0.282 e.